The Kier molecular flexibility index (Phi) is 5.13. The number of unbranched alkanes of at least 4 members (excludes halogenated alkanes) is 1. The molecule has 2 heterocycles. The van der Waals surface area contributed by atoms with Crippen LogP contribution >= 0.6 is 11.8 Å². The van der Waals surface area contributed by atoms with Gasteiger partial charge in [-0.1, -0.05) is 19.4 Å². The van der Waals surface area contributed by atoms with Gasteiger partial charge in [-0.3, -0.25) is 4.79 Å². The summed E-state index contributed by atoms with van der Waals surface area (Å²) in [6.07, 6.45) is 3.76. The van der Waals surface area contributed by atoms with Crippen LogP contribution in [0.5, 0.6) is 11.5 Å². The molecule has 0 spiro atoms. The molecule has 0 aromatic heterocycles. The van der Waals surface area contributed by atoms with Crippen molar-refractivity contribution in [2.24, 2.45) is 0 Å². The molecule has 1 aromatic carbocycles. The Morgan fingerprint density at radius 3 is 3.05 bits per heavy atom. The van der Waals surface area contributed by atoms with E-state index in [1.54, 1.807) is 0 Å². The highest BCUT2D eigenvalue weighted by molar-refractivity contribution is 7.99. The molecular weight excluding hydrogens is 298 g/mol. The van der Waals surface area contributed by atoms with E-state index in [1.807, 2.05) is 22.7 Å². The molecule has 0 bridgehead atoms. The first-order valence-electron chi connectivity index (χ1n) is 8.07. The van der Waals surface area contributed by atoms with Crippen molar-refractivity contribution in [3.05, 3.63) is 23.8 Å². The third-order valence-electron chi connectivity index (χ3n) is 4.21. The lowest BCUT2D eigenvalue weighted by Gasteiger charge is -2.20. The maximum atomic E-state index is 12.2. The number of thioether (sulfide) groups is 1. The number of carbonyl (C=O) groups excluding carboxylic acids is 1. The first-order chi connectivity index (χ1) is 10.8. The van der Waals surface area contributed by atoms with Crippen LogP contribution in [0.4, 0.5) is 0 Å². The highest BCUT2D eigenvalue weighted by Crippen LogP contribution is 2.40. The average Bonchev–Trinajstić information content (AvgIpc) is 2.87. The van der Waals surface area contributed by atoms with E-state index in [9.17, 15) is 4.79 Å². The Hall–Kier alpha value is -1.36. The quantitative estimate of drug-likeness (QED) is 0.849. The molecule has 0 N–H and O–H groups in total. The molecule has 1 atom stereocenters. The molecule has 2 aliphatic rings. The van der Waals surface area contributed by atoms with Crippen LogP contribution in [0.1, 0.15) is 43.4 Å². The Morgan fingerprint density at radius 1 is 1.32 bits per heavy atom. The summed E-state index contributed by atoms with van der Waals surface area (Å²) in [5, 5.41) is 0.429. The maximum absolute atomic E-state index is 12.2. The number of ether oxygens (including phenoxy) is 2. The molecule has 22 heavy (non-hydrogen) atoms. The second kappa shape index (κ2) is 7.27. The van der Waals surface area contributed by atoms with Gasteiger partial charge in [0.2, 0.25) is 12.7 Å². The predicted octanol–water partition coefficient (Wildman–Crippen LogP) is 3.61. The number of hydrogen-bond donors (Lipinski definition) is 0. The van der Waals surface area contributed by atoms with E-state index in [1.165, 1.54) is 5.56 Å². The van der Waals surface area contributed by atoms with Crippen LogP contribution in [-0.4, -0.2) is 36.4 Å². The van der Waals surface area contributed by atoms with Gasteiger partial charge in [-0.2, -0.15) is 11.8 Å². The third-order valence-corrected chi connectivity index (χ3v) is 5.54. The van der Waals surface area contributed by atoms with Crippen molar-refractivity contribution < 1.29 is 14.3 Å². The van der Waals surface area contributed by atoms with Crippen molar-refractivity contribution in [3.63, 3.8) is 0 Å². The van der Waals surface area contributed by atoms with Gasteiger partial charge in [-0.25, -0.2) is 0 Å². The summed E-state index contributed by atoms with van der Waals surface area (Å²) >= 11 is 1.94. The van der Waals surface area contributed by atoms with Gasteiger partial charge in [0.1, 0.15) is 0 Å². The molecule has 1 saturated heterocycles. The minimum absolute atomic E-state index is 0.314. The number of fused-ring (bicyclic) bond motifs is 1. The lowest BCUT2D eigenvalue weighted by Crippen LogP contribution is -2.32. The van der Waals surface area contributed by atoms with Gasteiger partial charge in [0, 0.05) is 30.5 Å². The molecule has 2 aliphatic heterocycles. The molecule has 1 fully saturated rings. The van der Waals surface area contributed by atoms with E-state index >= 15 is 0 Å². The SMILES string of the molecule is CCCCC(=O)N1CCSC(c2ccc3c(c2)OCO3)CC1. The molecular formula is C17H23NO3S. The van der Waals surface area contributed by atoms with Crippen molar-refractivity contribution in [1.82, 2.24) is 4.90 Å². The van der Waals surface area contributed by atoms with Crippen molar-refractivity contribution in [3.8, 4) is 11.5 Å². The van der Waals surface area contributed by atoms with E-state index in [0.717, 1.165) is 49.6 Å². The molecule has 1 amide bonds. The van der Waals surface area contributed by atoms with Gasteiger partial charge in [0.05, 0.1) is 0 Å². The molecule has 120 valence electrons. The van der Waals surface area contributed by atoms with Gasteiger partial charge in [-0.15, -0.1) is 0 Å². The van der Waals surface area contributed by atoms with E-state index in [-0.39, 0.29) is 0 Å². The summed E-state index contributed by atoms with van der Waals surface area (Å²) in [5.41, 5.74) is 1.28. The van der Waals surface area contributed by atoms with Crippen LogP contribution in [0.2, 0.25) is 0 Å². The zero-order valence-corrected chi connectivity index (χ0v) is 13.9. The number of carbonyl (C=O) groups is 1. The molecule has 3 rings (SSSR count). The van der Waals surface area contributed by atoms with E-state index in [2.05, 4.69) is 19.1 Å². The van der Waals surface area contributed by atoms with E-state index < -0.39 is 0 Å². The summed E-state index contributed by atoms with van der Waals surface area (Å²) < 4.78 is 10.8. The van der Waals surface area contributed by atoms with Gasteiger partial charge < -0.3 is 14.4 Å². The second-order valence-corrected chi connectivity index (χ2v) is 7.06. The first kappa shape index (κ1) is 15.5. The number of amides is 1. The highest BCUT2D eigenvalue weighted by atomic mass is 32.2. The Balaban J connectivity index is 1.61. The lowest BCUT2D eigenvalue weighted by atomic mass is 10.1. The summed E-state index contributed by atoms with van der Waals surface area (Å²) in [6.45, 7) is 4.17. The van der Waals surface area contributed by atoms with Crippen LogP contribution in [-0.2, 0) is 4.79 Å². The fraction of sp³-hybridized carbons (Fsp3) is 0.588. The zero-order chi connectivity index (χ0) is 15.4. The first-order valence-corrected chi connectivity index (χ1v) is 9.11. The van der Waals surface area contributed by atoms with Crippen LogP contribution in [0.15, 0.2) is 18.2 Å². The summed E-state index contributed by atoms with van der Waals surface area (Å²) in [4.78, 5) is 14.2. The summed E-state index contributed by atoms with van der Waals surface area (Å²) in [6, 6.07) is 6.21. The largest absolute Gasteiger partial charge is 0.454 e. The second-order valence-electron chi connectivity index (χ2n) is 5.75. The minimum Gasteiger partial charge on any atom is -0.454 e. The summed E-state index contributed by atoms with van der Waals surface area (Å²) in [5.74, 6) is 2.99. The third kappa shape index (κ3) is 3.51. The number of benzene rings is 1. The Labute approximate surface area is 136 Å². The summed E-state index contributed by atoms with van der Waals surface area (Å²) in [7, 11) is 0. The lowest BCUT2D eigenvalue weighted by molar-refractivity contribution is -0.131. The van der Waals surface area contributed by atoms with Crippen molar-refractivity contribution in [2.45, 2.75) is 37.9 Å². The molecule has 1 aromatic rings. The van der Waals surface area contributed by atoms with Crippen LogP contribution in [0.25, 0.3) is 0 Å². The van der Waals surface area contributed by atoms with E-state index in [0.29, 0.717) is 24.4 Å². The topological polar surface area (TPSA) is 38.8 Å². The van der Waals surface area contributed by atoms with Crippen LogP contribution in [0.3, 0.4) is 0 Å². The molecule has 0 radical (unpaired) electrons. The average molecular weight is 321 g/mol. The minimum atomic E-state index is 0.314. The van der Waals surface area contributed by atoms with Gasteiger partial charge in [0.15, 0.2) is 11.5 Å². The zero-order valence-electron chi connectivity index (χ0n) is 13.0. The molecule has 0 saturated carbocycles. The normalized spacial score (nSPS) is 20.8. The Bertz CT molecular complexity index is 535. The van der Waals surface area contributed by atoms with Gasteiger partial charge in [0.25, 0.3) is 0 Å². The number of nitrogens with zero attached hydrogens (tertiary/aromatic N) is 1. The highest BCUT2D eigenvalue weighted by Gasteiger charge is 2.23. The van der Waals surface area contributed by atoms with E-state index in [4.69, 9.17) is 9.47 Å². The molecule has 4 nitrogen and oxygen atoms in total. The molecule has 5 heteroatoms. The monoisotopic (exact) mass is 321 g/mol. The van der Waals surface area contributed by atoms with Crippen molar-refractivity contribution in [1.29, 1.82) is 0 Å². The Morgan fingerprint density at radius 2 is 2.18 bits per heavy atom. The van der Waals surface area contributed by atoms with Crippen molar-refractivity contribution in [2.75, 3.05) is 25.6 Å². The van der Waals surface area contributed by atoms with Crippen LogP contribution in [0, 0.1) is 0 Å². The predicted molar refractivity (Wildman–Crippen MR) is 88.5 cm³/mol. The van der Waals surface area contributed by atoms with Crippen molar-refractivity contribution >= 4 is 17.7 Å². The molecule has 1 unspecified atom stereocenters. The van der Waals surface area contributed by atoms with Gasteiger partial charge >= 0.3 is 0 Å². The van der Waals surface area contributed by atoms with Gasteiger partial charge in [-0.05, 0) is 30.5 Å². The maximum Gasteiger partial charge on any atom is 0.231 e. The standard InChI is InChI=1S/C17H23NO3S/c1-2-3-4-17(19)18-8-7-16(22-10-9-18)13-5-6-14-15(11-13)21-12-20-14/h5-6,11,16H,2-4,7-10,12H2,1H3. The number of rotatable bonds is 4. The fourth-order valence-electron chi connectivity index (χ4n) is 2.89. The number of hydrogen-bond acceptors (Lipinski definition) is 4. The fourth-order valence-corrected chi connectivity index (χ4v) is 4.11. The smallest absolute Gasteiger partial charge is 0.231 e. The molecule has 0 aliphatic carbocycles. The van der Waals surface area contributed by atoms with Crippen LogP contribution < -0.4 is 9.47 Å².